The molecule has 0 aliphatic rings. The van der Waals surface area contributed by atoms with Crippen LogP contribution in [-0.4, -0.2) is 36.7 Å². The Balaban J connectivity index is 2.05. The van der Waals surface area contributed by atoms with Crippen molar-refractivity contribution in [3.05, 3.63) is 22.4 Å². The summed E-state index contributed by atoms with van der Waals surface area (Å²) in [5, 5.41) is 12.8. The fraction of sp³-hybridized carbons (Fsp3) is 0.400. The van der Waals surface area contributed by atoms with Gasteiger partial charge in [0.25, 0.3) is 0 Å². The van der Waals surface area contributed by atoms with E-state index in [0.29, 0.717) is 13.0 Å². The second-order valence-electron chi connectivity index (χ2n) is 3.05. The number of ether oxygens (including phenoxy) is 1. The van der Waals surface area contributed by atoms with Gasteiger partial charge in [-0.25, -0.2) is 4.79 Å². The third-order valence-corrected chi connectivity index (χ3v) is 2.59. The maximum absolute atomic E-state index is 11.3. The fourth-order valence-corrected chi connectivity index (χ4v) is 1.76. The molecule has 0 saturated carbocycles. The maximum atomic E-state index is 11.3. The zero-order valence-corrected chi connectivity index (χ0v) is 9.46. The molecule has 0 spiro atoms. The summed E-state index contributed by atoms with van der Waals surface area (Å²) < 4.78 is 4.77. The Hall–Kier alpha value is -1.40. The van der Waals surface area contributed by atoms with Gasteiger partial charge in [0.2, 0.25) is 5.91 Å². The van der Waals surface area contributed by atoms with Gasteiger partial charge in [0.05, 0.1) is 13.0 Å². The van der Waals surface area contributed by atoms with E-state index in [2.05, 4.69) is 5.32 Å². The van der Waals surface area contributed by atoms with Crippen molar-refractivity contribution in [2.75, 3.05) is 19.8 Å². The molecular formula is C10H13NO4S. The van der Waals surface area contributed by atoms with Gasteiger partial charge in [0.15, 0.2) is 0 Å². The first kappa shape index (κ1) is 12.7. The molecule has 1 rings (SSSR count). The van der Waals surface area contributed by atoms with Crippen molar-refractivity contribution in [2.24, 2.45) is 0 Å². The smallest absolute Gasteiger partial charge is 0.329 e. The predicted octanol–water partition coefficient (Wildman–Crippen LogP) is 0.508. The Kier molecular flexibility index (Phi) is 5.52. The quantitative estimate of drug-likeness (QED) is 0.684. The zero-order valence-electron chi connectivity index (χ0n) is 8.64. The third kappa shape index (κ3) is 5.47. The van der Waals surface area contributed by atoms with Gasteiger partial charge in [-0.1, -0.05) is 6.07 Å². The van der Waals surface area contributed by atoms with E-state index in [1.807, 2.05) is 17.5 Å². The van der Waals surface area contributed by atoms with Crippen LogP contribution in [0.3, 0.4) is 0 Å². The lowest BCUT2D eigenvalue weighted by atomic mass is 10.3. The molecule has 0 aliphatic heterocycles. The second kappa shape index (κ2) is 6.97. The lowest BCUT2D eigenvalue weighted by molar-refractivity contribution is -0.142. The molecule has 5 nitrogen and oxygen atoms in total. The van der Waals surface area contributed by atoms with Crippen LogP contribution >= 0.6 is 11.3 Å². The van der Waals surface area contributed by atoms with Gasteiger partial charge in [0.1, 0.15) is 6.61 Å². The Morgan fingerprint density at radius 3 is 2.94 bits per heavy atom. The van der Waals surface area contributed by atoms with Crippen LogP contribution in [0.2, 0.25) is 0 Å². The molecule has 0 aromatic carbocycles. The average molecular weight is 243 g/mol. The average Bonchev–Trinajstić information content (AvgIpc) is 2.69. The highest BCUT2D eigenvalue weighted by atomic mass is 32.1. The Morgan fingerprint density at radius 2 is 2.31 bits per heavy atom. The number of aliphatic carboxylic acids is 1. The number of hydrogen-bond donors (Lipinski definition) is 2. The van der Waals surface area contributed by atoms with Gasteiger partial charge in [-0.05, 0) is 11.4 Å². The van der Waals surface area contributed by atoms with Crippen molar-refractivity contribution in [1.29, 1.82) is 0 Å². The van der Waals surface area contributed by atoms with E-state index in [1.54, 1.807) is 0 Å². The van der Waals surface area contributed by atoms with Crippen LogP contribution in [0, 0.1) is 0 Å². The summed E-state index contributed by atoms with van der Waals surface area (Å²) in [7, 11) is 0. The summed E-state index contributed by atoms with van der Waals surface area (Å²) in [6.45, 7) is 0.209. The molecule has 0 saturated heterocycles. The van der Waals surface area contributed by atoms with Gasteiger partial charge in [0, 0.05) is 11.4 Å². The van der Waals surface area contributed by atoms with Crippen molar-refractivity contribution in [3.63, 3.8) is 0 Å². The molecular weight excluding hydrogens is 230 g/mol. The summed E-state index contributed by atoms with van der Waals surface area (Å²) in [6.07, 6.45) is 0.358. The van der Waals surface area contributed by atoms with E-state index >= 15 is 0 Å². The highest BCUT2D eigenvalue weighted by Gasteiger charge is 2.03. The normalized spacial score (nSPS) is 10.0. The highest BCUT2D eigenvalue weighted by Crippen LogP contribution is 2.08. The summed E-state index contributed by atoms with van der Waals surface area (Å²) >= 11 is 1.53. The molecule has 1 amide bonds. The molecule has 0 atom stereocenters. The zero-order chi connectivity index (χ0) is 11.8. The highest BCUT2D eigenvalue weighted by molar-refractivity contribution is 7.10. The Labute approximate surface area is 97.0 Å². The Morgan fingerprint density at radius 1 is 1.50 bits per heavy atom. The van der Waals surface area contributed by atoms with Crippen molar-refractivity contribution in [2.45, 2.75) is 6.42 Å². The number of rotatable bonds is 7. The summed E-state index contributed by atoms with van der Waals surface area (Å²) in [6, 6.07) is 3.79. The van der Waals surface area contributed by atoms with E-state index in [1.165, 1.54) is 11.3 Å². The second-order valence-corrected chi connectivity index (χ2v) is 4.08. The number of carbonyl (C=O) groups excluding carboxylic acids is 1. The molecule has 0 fully saturated rings. The fourth-order valence-electron chi connectivity index (χ4n) is 1.06. The molecule has 1 aromatic rings. The van der Waals surface area contributed by atoms with E-state index in [-0.39, 0.29) is 19.1 Å². The maximum Gasteiger partial charge on any atom is 0.329 e. The number of carboxylic acid groups (broad SMARTS) is 1. The third-order valence-electron chi connectivity index (χ3n) is 1.71. The van der Waals surface area contributed by atoms with Crippen LogP contribution in [0.1, 0.15) is 4.88 Å². The summed E-state index contributed by atoms with van der Waals surface area (Å²) in [4.78, 5) is 22.4. The topological polar surface area (TPSA) is 75.6 Å². The largest absolute Gasteiger partial charge is 0.480 e. The van der Waals surface area contributed by atoms with Gasteiger partial charge >= 0.3 is 5.97 Å². The van der Waals surface area contributed by atoms with E-state index in [4.69, 9.17) is 9.84 Å². The molecule has 0 radical (unpaired) electrons. The lowest BCUT2D eigenvalue weighted by Crippen LogP contribution is -2.29. The van der Waals surface area contributed by atoms with Crippen molar-refractivity contribution in [1.82, 2.24) is 5.32 Å². The van der Waals surface area contributed by atoms with Crippen molar-refractivity contribution >= 4 is 23.2 Å². The van der Waals surface area contributed by atoms with Crippen molar-refractivity contribution < 1.29 is 19.4 Å². The van der Waals surface area contributed by atoms with E-state index in [9.17, 15) is 9.59 Å². The number of nitrogens with one attached hydrogen (secondary N) is 1. The minimum Gasteiger partial charge on any atom is -0.480 e. The van der Waals surface area contributed by atoms with Crippen LogP contribution in [0.4, 0.5) is 0 Å². The number of carbonyl (C=O) groups is 2. The SMILES string of the molecule is O=C(O)COCCNC(=O)Cc1cccs1. The van der Waals surface area contributed by atoms with E-state index in [0.717, 1.165) is 4.88 Å². The molecule has 0 bridgehead atoms. The Bertz CT molecular complexity index is 337. The standard InChI is InChI=1S/C10H13NO4S/c12-9(6-8-2-1-5-16-8)11-3-4-15-7-10(13)14/h1-2,5H,3-4,6-7H2,(H,11,12)(H,13,14). The van der Waals surface area contributed by atoms with Crippen LogP contribution in [0.5, 0.6) is 0 Å². The summed E-state index contributed by atoms with van der Waals surface area (Å²) in [5.41, 5.74) is 0. The minimum atomic E-state index is -1.01. The minimum absolute atomic E-state index is 0.0821. The first-order chi connectivity index (χ1) is 7.68. The molecule has 88 valence electrons. The van der Waals surface area contributed by atoms with Crippen LogP contribution < -0.4 is 5.32 Å². The van der Waals surface area contributed by atoms with Gasteiger partial charge in [-0.2, -0.15) is 0 Å². The van der Waals surface area contributed by atoms with Gasteiger partial charge < -0.3 is 15.2 Å². The lowest BCUT2D eigenvalue weighted by Gasteiger charge is -2.04. The monoisotopic (exact) mass is 243 g/mol. The predicted molar refractivity (Wildman–Crippen MR) is 59.5 cm³/mol. The van der Waals surface area contributed by atoms with Gasteiger partial charge in [-0.3, -0.25) is 4.79 Å². The number of amides is 1. The molecule has 6 heteroatoms. The summed E-state index contributed by atoms with van der Waals surface area (Å²) in [5.74, 6) is -1.09. The molecule has 0 aliphatic carbocycles. The van der Waals surface area contributed by atoms with Crippen LogP contribution in [-0.2, 0) is 20.7 Å². The van der Waals surface area contributed by atoms with Crippen molar-refractivity contribution in [3.8, 4) is 0 Å². The molecule has 1 aromatic heterocycles. The number of hydrogen-bond acceptors (Lipinski definition) is 4. The number of thiophene rings is 1. The van der Waals surface area contributed by atoms with E-state index < -0.39 is 5.97 Å². The molecule has 1 heterocycles. The first-order valence-corrected chi connectivity index (χ1v) is 5.65. The molecule has 16 heavy (non-hydrogen) atoms. The molecule has 2 N–H and O–H groups in total. The number of carboxylic acids is 1. The van der Waals surface area contributed by atoms with Gasteiger partial charge in [-0.15, -0.1) is 11.3 Å². The first-order valence-electron chi connectivity index (χ1n) is 4.77. The van der Waals surface area contributed by atoms with Crippen LogP contribution in [0.15, 0.2) is 17.5 Å². The van der Waals surface area contributed by atoms with Crippen LogP contribution in [0.25, 0.3) is 0 Å². The molecule has 0 unspecified atom stereocenters.